The fourth-order valence-corrected chi connectivity index (χ4v) is 0.995. The van der Waals surface area contributed by atoms with Gasteiger partial charge in [-0.3, -0.25) is 4.79 Å². The van der Waals surface area contributed by atoms with Gasteiger partial charge >= 0.3 is 0 Å². The highest BCUT2D eigenvalue weighted by Gasteiger charge is 1.92. The SMILES string of the molecule is [B]CC(=O)/C=C(C)/C=C\C(=CCC)OC. The topological polar surface area (TPSA) is 26.3 Å². The lowest BCUT2D eigenvalue weighted by atomic mass is 9.99. The molecule has 0 aromatic heterocycles. The lowest BCUT2D eigenvalue weighted by molar-refractivity contribution is -0.112. The number of ether oxygens (including phenoxy) is 1. The van der Waals surface area contributed by atoms with E-state index in [2.05, 4.69) is 0 Å². The average Bonchev–Trinajstić information content (AvgIpc) is 2.23. The number of rotatable bonds is 6. The van der Waals surface area contributed by atoms with Crippen LogP contribution in [0.2, 0.25) is 6.32 Å². The highest BCUT2D eigenvalue weighted by atomic mass is 16.5. The molecule has 2 nitrogen and oxygen atoms in total. The number of carbonyl (C=O) groups is 1. The van der Waals surface area contributed by atoms with Crippen LogP contribution in [0.1, 0.15) is 20.3 Å². The van der Waals surface area contributed by atoms with Crippen LogP contribution >= 0.6 is 0 Å². The first-order chi connectivity index (χ1) is 7.13. The van der Waals surface area contributed by atoms with Crippen molar-refractivity contribution >= 4 is 13.6 Å². The highest BCUT2D eigenvalue weighted by Crippen LogP contribution is 2.04. The third kappa shape index (κ3) is 6.78. The van der Waals surface area contributed by atoms with Gasteiger partial charge in [-0.15, -0.1) is 0 Å². The standard InChI is InChI=1S/C12H17BO2/c1-4-5-12(15-3)7-6-10(2)8-11(14)9-13/h5-8H,4,9H2,1-3H3/b7-6-,10-8+,12-5?. The van der Waals surface area contributed by atoms with Crippen molar-refractivity contribution in [2.75, 3.05) is 7.11 Å². The van der Waals surface area contributed by atoms with Gasteiger partial charge in [0, 0.05) is 0 Å². The summed E-state index contributed by atoms with van der Waals surface area (Å²) in [4.78, 5) is 11.0. The summed E-state index contributed by atoms with van der Waals surface area (Å²) in [6.45, 7) is 3.89. The Hall–Kier alpha value is -1.25. The molecule has 0 bridgehead atoms. The van der Waals surface area contributed by atoms with E-state index in [0.717, 1.165) is 17.8 Å². The monoisotopic (exact) mass is 204 g/mol. The number of hydrogen-bond acceptors (Lipinski definition) is 2. The summed E-state index contributed by atoms with van der Waals surface area (Å²) in [6, 6.07) is 0. The van der Waals surface area contributed by atoms with Crippen molar-refractivity contribution in [3.05, 3.63) is 35.6 Å². The number of hydrogen-bond donors (Lipinski definition) is 0. The molecule has 0 aliphatic carbocycles. The van der Waals surface area contributed by atoms with Crippen LogP contribution < -0.4 is 0 Å². The van der Waals surface area contributed by atoms with Crippen LogP contribution in [0.3, 0.4) is 0 Å². The first-order valence-electron chi connectivity index (χ1n) is 4.97. The molecule has 0 saturated carbocycles. The second-order valence-electron chi connectivity index (χ2n) is 3.11. The highest BCUT2D eigenvalue weighted by molar-refractivity contribution is 6.22. The zero-order valence-electron chi connectivity index (χ0n) is 9.62. The molecule has 0 atom stereocenters. The lowest BCUT2D eigenvalue weighted by Crippen LogP contribution is -1.90. The van der Waals surface area contributed by atoms with E-state index in [1.54, 1.807) is 7.11 Å². The first kappa shape index (κ1) is 13.8. The van der Waals surface area contributed by atoms with E-state index in [-0.39, 0.29) is 12.1 Å². The number of ketones is 1. The molecule has 0 aromatic rings. The normalized spacial score (nSPS) is 13.3. The molecule has 2 radical (unpaired) electrons. The minimum absolute atomic E-state index is 0.0487. The van der Waals surface area contributed by atoms with Crippen LogP contribution in [0, 0.1) is 0 Å². The fraction of sp³-hybridized carbons (Fsp3) is 0.417. The van der Waals surface area contributed by atoms with Gasteiger partial charge in [-0.25, -0.2) is 0 Å². The fourth-order valence-electron chi connectivity index (χ4n) is 0.995. The molecule has 0 heterocycles. The summed E-state index contributed by atoms with van der Waals surface area (Å²) in [5.74, 6) is 0.723. The zero-order chi connectivity index (χ0) is 11.7. The Morgan fingerprint density at radius 1 is 1.40 bits per heavy atom. The Morgan fingerprint density at radius 2 is 2.07 bits per heavy atom. The van der Waals surface area contributed by atoms with Gasteiger partial charge in [-0.2, -0.15) is 0 Å². The molecule has 3 heteroatoms. The van der Waals surface area contributed by atoms with Crippen molar-refractivity contribution < 1.29 is 9.53 Å². The summed E-state index contributed by atoms with van der Waals surface area (Å²) in [7, 11) is 6.82. The molecular weight excluding hydrogens is 187 g/mol. The largest absolute Gasteiger partial charge is 0.497 e. The van der Waals surface area contributed by atoms with Gasteiger partial charge in [-0.05, 0) is 43.5 Å². The molecule has 0 rings (SSSR count). The molecule has 0 amide bonds. The molecule has 0 fully saturated rings. The van der Waals surface area contributed by atoms with Gasteiger partial charge in [0.15, 0.2) is 0 Å². The van der Waals surface area contributed by atoms with Crippen LogP contribution in [0.5, 0.6) is 0 Å². The van der Waals surface area contributed by atoms with Crippen molar-refractivity contribution in [1.29, 1.82) is 0 Å². The van der Waals surface area contributed by atoms with Crippen molar-refractivity contribution in [2.45, 2.75) is 26.6 Å². The quantitative estimate of drug-likeness (QED) is 0.287. The van der Waals surface area contributed by atoms with Gasteiger partial charge in [0.1, 0.15) is 11.5 Å². The van der Waals surface area contributed by atoms with Gasteiger partial charge in [0.25, 0.3) is 0 Å². The maximum Gasteiger partial charge on any atom is 0.147 e. The van der Waals surface area contributed by atoms with Gasteiger partial charge in [0.05, 0.1) is 15.0 Å². The second-order valence-corrected chi connectivity index (χ2v) is 3.11. The number of carbonyl (C=O) groups excluding carboxylic acids is 1. The maximum atomic E-state index is 11.0. The van der Waals surface area contributed by atoms with E-state index in [9.17, 15) is 4.79 Å². The van der Waals surface area contributed by atoms with Crippen LogP contribution in [-0.2, 0) is 9.53 Å². The van der Waals surface area contributed by atoms with Crippen LogP contribution in [0.15, 0.2) is 35.6 Å². The van der Waals surface area contributed by atoms with Crippen LogP contribution in [-0.4, -0.2) is 20.7 Å². The van der Waals surface area contributed by atoms with E-state index in [0.29, 0.717) is 0 Å². The van der Waals surface area contributed by atoms with Crippen molar-refractivity contribution in [3.63, 3.8) is 0 Å². The first-order valence-corrected chi connectivity index (χ1v) is 4.97. The summed E-state index contributed by atoms with van der Waals surface area (Å²) in [5.41, 5.74) is 0.865. The molecule has 0 aliphatic heterocycles. The van der Waals surface area contributed by atoms with E-state index in [1.807, 2.05) is 32.1 Å². The Bertz CT molecular complexity index is 288. The number of allylic oxidation sites excluding steroid dienone is 5. The minimum Gasteiger partial charge on any atom is -0.497 e. The van der Waals surface area contributed by atoms with Gasteiger partial charge in [0.2, 0.25) is 0 Å². The molecule has 80 valence electrons. The van der Waals surface area contributed by atoms with E-state index in [4.69, 9.17) is 12.6 Å². The Balaban J connectivity index is 4.44. The van der Waals surface area contributed by atoms with Gasteiger partial charge < -0.3 is 4.74 Å². The molecule has 0 spiro atoms. The summed E-state index contributed by atoms with van der Waals surface area (Å²) >= 11 is 0. The Kier molecular flexibility index (Phi) is 7.42. The molecule has 15 heavy (non-hydrogen) atoms. The summed E-state index contributed by atoms with van der Waals surface area (Å²) in [6.07, 6.45) is 8.12. The van der Waals surface area contributed by atoms with Crippen LogP contribution in [0.25, 0.3) is 0 Å². The molecular formula is C12H17BO2. The predicted octanol–water partition coefficient (Wildman–Crippen LogP) is 2.59. The van der Waals surface area contributed by atoms with E-state index < -0.39 is 0 Å². The average molecular weight is 204 g/mol. The summed E-state index contributed by atoms with van der Waals surface area (Å²) < 4.78 is 5.11. The lowest BCUT2D eigenvalue weighted by Gasteiger charge is -1.99. The van der Waals surface area contributed by atoms with Crippen molar-refractivity contribution in [3.8, 4) is 0 Å². The zero-order valence-corrected chi connectivity index (χ0v) is 9.62. The van der Waals surface area contributed by atoms with E-state index in [1.165, 1.54) is 6.08 Å². The third-order valence-electron chi connectivity index (χ3n) is 1.74. The summed E-state index contributed by atoms with van der Waals surface area (Å²) in [5, 5.41) is 0. The second kappa shape index (κ2) is 8.10. The Morgan fingerprint density at radius 3 is 2.53 bits per heavy atom. The molecule has 0 N–H and O–H groups in total. The van der Waals surface area contributed by atoms with Crippen molar-refractivity contribution in [2.24, 2.45) is 0 Å². The van der Waals surface area contributed by atoms with Gasteiger partial charge in [-0.1, -0.05) is 13.0 Å². The molecule has 0 unspecified atom stereocenters. The third-order valence-corrected chi connectivity index (χ3v) is 1.74. The maximum absolute atomic E-state index is 11.0. The van der Waals surface area contributed by atoms with Crippen molar-refractivity contribution in [1.82, 2.24) is 0 Å². The van der Waals surface area contributed by atoms with Crippen LogP contribution in [0.4, 0.5) is 0 Å². The van der Waals surface area contributed by atoms with E-state index >= 15 is 0 Å². The Labute approximate surface area is 93.1 Å². The number of methoxy groups -OCH3 is 1. The molecule has 0 saturated heterocycles. The molecule has 0 aromatic carbocycles. The predicted molar refractivity (Wildman–Crippen MR) is 63.8 cm³/mol. The minimum atomic E-state index is -0.0735. The smallest absolute Gasteiger partial charge is 0.147 e. The molecule has 0 aliphatic rings.